The number of carbonyl (C=O) groups is 1. The van der Waals surface area contributed by atoms with Crippen LogP contribution in [-0.2, 0) is 4.79 Å². The predicted molar refractivity (Wildman–Crippen MR) is 109 cm³/mol. The molecule has 146 valence electrons. The molecule has 0 spiro atoms. The van der Waals surface area contributed by atoms with Gasteiger partial charge in [-0.1, -0.05) is 35.1 Å². The molecule has 1 N–H and O–H groups in total. The Kier molecular flexibility index (Phi) is 4.51. The van der Waals surface area contributed by atoms with Crippen molar-refractivity contribution in [3.05, 3.63) is 54.2 Å². The first kappa shape index (κ1) is 17.9. The van der Waals surface area contributed by atoms with Crippen molar-refractivity contribution in [2.24, 2.45) is 0 Å². The molecule has 1 saturated carbocycles. The Labute approximate surface area is 170 Å². The van der Waals surface area contributed by atoms with E-state index in [0.717, 1.165) is 40.4 Å². The zero-order valence-corrected chi connectivity index (χ0v) is 16.5. The second-order valence-corrected chi connectivity index (χ2v) is 7.91. The number of nitrogens with one attached hydrogen (secondary N) is 1. The zero-order chi connectivity index (χ0) is 19.8. The van der Waals surface area contributed by atoms with Gasteiger partial charge in [0.25, 0.3) is 0 Å². The quantitative estimate of drug-likeness (QED) is 0.385. The molecule has 0 unspecified atom stereocenters. The van der Waals surface area contributed by atoms with E-state index in [1.54, 1.807) is 19.2 Å². The van der Waals surface area contributed by atoms with Crippen molar-refractivity contribution in [2.45, 2.75) is 30.7 Å². The summed E-state index contributed by atoms with van der Waals surface area (Å²) in [5.41, 5.74) is 1.71. The van der Waals surface area contributed by atoms with E-state index in [1.165, 1.54) is 11.8 Å². The highest BCUT2D eigenvalue weighted by Crippen LogP contribution is 2.40. The summed E-state index contributed by atoms with van der Waals surface area (Å²) in [6, 6.07) is 11.6. The number of fused-ring (bicyclic) bond motifs is 1. The van der Waals surface area contributed by atoms with Crippen molar-refractivity contribution < 1.29 is 9.32 Å². The van der Waals surface area contributed by atoms with Gasteiger partial charge in [0, 0.05) is 12.0 Å². The number of hydrogen-bond donors (Lipinski definition) is 1. The van der Waals surface area contributed by atoms with Crippen LogP contribution in [0.5, 0.6) is 0 Å². The van der Waals surface area contributed by atoms with E-state index in [1.807, 2.05) is 35.0 Å². The number of thioether (sulfide) groups is 1. The normalized spacial score (nSPS) is 13.7. The number of amides is 1. The SMILES string of the molecule is Cc1cc(NC(=O)CSc2nc(C3CC3)nc3c2cnn3-c2ccccc2)no1. The number of carbonyl (C=O) groups excluding carboxylic acids is 1. The van der Waals surface area contributed by atoms with Crippen molar-refractivity contribution in [2.75, 3.05) is 11.1 Å². The van der Waals surface area contributed by atoms with Gasteiger partial charge in [0.05, 0.1) is 23.0 Å². The standard InChI is InChI=1S/C20H18N6O2S/c1-12-9-16(25-28-12)22-17(27)11-29-20-15-10-21-26(14-5-3-2-4-6-14)19(15)23-18(24-20)13-7-8-13/h2-6,9-10,13H,7-8,11H2,1H3,(H,22,25,27). The van der Waals surface area contributed by atoms with Gasteiger partial charge in [-0.25, -0.2) is 14.6 Å². The van der Waals surface area contributed by atoms with Crippen LogP contribution in [0.1, 0.15) is 30.3 Å². The number of hydrogen-bond acceptors (Lipinski definition) is 7. The highest BCUT2D eigenvalue weighted by molar-refractivity contribution is 8.00. The number of aromatic nitrogens is 5. The molecule has 9 heteroatoms. The third-order valence-corrected chi connectivity index (χ3v) is 5.58. The lowest BCUT2D eigenvalue weighted by atomic mass is 10.3. The van der Waals surface area contributed by atoms with E-state index in [9.17, 15) is 4.79 Å². The lowest BCUT2D eigenvalue weighted by Crippen LogP contribution is -2.14. The summed E-state index contributed by atoms with van der Waals surface area (Å²) >= 11 is 1.38. The number of nitrogens with zero attached hydrogens (tertiary/aromatic N) is 5. The molecule has 1 aliphatic rings. The third kappa shape index (κ3) is 3.73. The summed E-state index contributed by atoms with van der Waals surface area (Å²) in [4.78, 5) is 21.8. The van der Waals surface area contributed by atoms with E-state index in [-0.39, 0.29) is 11.7 Å². The van der Waals surface area contributed by atoms with E-state index in [0.29, 0.717) is 17.5 Å². The first-order valence-electron chi connectivity index (χ1n) is 9.34. The summed E-state index contributed by atoms with van der Waals surface area (Å²) in [5, 5.41) is 12.7. The highest BCUT2D eigenvalue weighted by atomic mass is 32.2. The largest absolute Gasteiger partial charge is 0.360 e. The molecule has 0 atom stereocenters. The first-order chi connectivity index (χ1) is 14.2. The van der Waals surface area contributed by atoms with Crippen molar-refractivity contribution >= 4 is 34.5 Å². The van der Waals surface area contributed by atoms with Gasteiger partial charge in [0.2, 0.25) is 5.91 Å². The minimum atomic E-state index is -0.168. The van der Waals surface area contributed by atoms with Gasteiger partial charge in [-0.15, -0.1) is 0 Å². The van der Waals surface area contributed by atoms with Gasteiger partial charge in [-0.2, -0.15) is 5.10 Å². The van der Waals surface area contributed by atoms with Crippen molar-refractivity contribution in [3.63, 3.8) is 0 Å². The summed E-state index contributed by atoms with van der Waals surface area (Å²) in [6.07, 6.45) is 3.96. The predicted octanol–water partition coefficient (Wildman–Crippen LogP) is 3.72. The maximum Gasteiger partial charge on any atom is 0.236 e. The van der Waals surface area contributed by atoms with Crippen LogP contribution in [0, 0.1) is 6.92 Å². The molecule has 1 aliphatic carbocycles. The van der Waals surface area contributed by atoms with Crippen LogP contribution in [0.2, 0.25) is 0 Å². The molecule has 5 rings (SSSR count). The number of para-hydroxylation sites is 1. The van der Waals surface area contributed by atoms with Crippen molar-refractivity contribution in [1.29, 1.82) is 0 Å². The molecule has 0 radical (unpaired) electrons. The molecule has 0 bridgehead atoms. The van der Waals surface area contributed by atoms with Crippen LogP contribution in [0.3, 0.4) is 0 Å². The van der Waals surface area contributed by atoms with Crippen LogP contribution in [-0.4, -0.2) is 36.6 Å². The van der Waals surface area contributed by atoms with Crippen LogP contribution in [0.25, 0.3) is 16.7 Å². The summed E-state index contributed by atoms with van der Waals surface area (Å²) in [6.45, 7) is 1.78. The van der Waals surface area contributed by atoms with Gasteiger partial charge >= 0.3 is 0 Å². The van der Waals surface area contributed by atoms with E-state index in [4.69, 9.17) is 14.5 Å². The van der Waals surface area contributed by atoms with Crippen molar-refractivity contribution in [3.8, 4) is 5.69 Å². The van der Waals surface area contributed by atoms with E-state index < -0.39 is 0 Å². The average molecular weight is 406 g/mol. The Bertz CT molecular complexity index is 1180. The van der Waals surface area contributed by atoms with Crippen LogP contribution in [0.4, 0.5) is 5.82 Å². The first-order valence-corrected chi connectivity index (χ1v) is 10.3. The Morgan fingerprint density at radius 3 is 2.83 bits per heavy atom. The van der Waals surface area contributed by atoms with E-state index >= 15 is 0 Å². The molecule has 0 saturated heterocycles. The zero-order valence-electron chi connectivity index (χ0n) is 15.7. The molecule has 1 aromatic carbocycles. The Morgan fingerprint density at radius 2 is 2.10 bits per heavy atom. The number of benzene rings is 1. The molecule has 4 aromatic rings. The maximum absolute atomic E-state index is 12.3. The Balaban J connectivity index is 1.43. The third-order valence-electron chi connectivity index (χ3n) is 4.59. The summed E-state index contributed by atoms with van der Waals surface area (Å²) in [7, 11) is 0. The summed E-state index contributed by atoms with van der Waals surface area (Å²) < 4.78 is 6.80. The van der Waals surface area contributed by atoms with Crippen LogP contribution in [0.15, 0.2) is 52.1 Å². The van der Waals surface area contributed by atoms with Gasteiger partial charge in [-0.05, 0) is 31.9 Å². The van der Waals surface area contributed by atoms with Gasteiger partial charge < -0.3 is 9.84 Å². The fourth-order valence-corrected chi connectivity index (χ4v) is 3.83. The smallest absolute Gasteiger partial charge is 0.236 e. The Hall–Kier alpha value is -3.20. The highest BCUT2D eigenvalue weighted by Gasteiger charge is 2.28. The fraction of sp³-hybridized carbons (Fsp3) is 0.250. The molecule has 1 fully saturated rings. The van der Waals surface area contributed by atoms with Crippen LogP contribution >= 0.6 is 11.8 Å². The number of anilines is 1. The number of rotatable bonds is 6. The van der Waals surface area contributed by atoms with Crippen molar-refractivity contribution in [1.82, 2.24) is 24.9 Å². The topological polar surface area (TPSA) is 98.7 Å². The molecule has 3 aromatic heterocycles. The lowest BCUT2D eigenvalue weighted by molar-refractivity contribution is -0.113. The molecule has 3 heterocycles. The fourth-order valence-electron chi connectivity index (χ4n) is 3.03. The second-order valence-electron chi connectivity index (χ2n) is 6.95. The minimum absolute atomic E-state index is 0.168. The molecule has 29 heavy (non-hydrogen) atoms. The second kappa shape index (κ2) is 7.32. The molecule has 8 nitrogen and oxygen atoms in total. The number of aryl methyl sites for hydroxylation is 1. The lowest BCUT2D eigenvalue weighted by Gasteiger charge is -2.07. The summed E-state index contributed by atoms with van der Waals surface area (Å²) in [5.74, 6) is 2.32. The minimum Gasteiger partial charge on any atom is -0.360 e. The molecule has 0 aliphatic heterocycles. The van der Waals surface area contributed by atoms with Gasteiger partial charge in [0.1, 0.15) is 16.6 Å². The molecular formula is C20H18N6O2S. The monoisotopic (exact) mass is 406 g/mol. The average Bonchev–Trinajstić information content (AvgIpc) is 3.37. The Morgan fingerprint density at radius 1 is 1.28 bits per heavy atom. The molecular weight excluding hydrogens is 388 g/mol. The van der Waals surface area contributed by atoms with Gasteiger partial charge in [-0.3, -0.25) is 4.79 Å². The van der Waals surface area contributed by atoms with Crippen LogP contribution < -0.4 is 5.32 Å². The van der Waals surface area contributed by atoms with Gasteiger partial charge in [0.15, 0.2) is 11.5 Å². The maximum atomic E-state index is 12.3. The molecule has 1 amide bonds. The van der Waals surface area contributed by atoms with E-state index in [2.05, 4.69) is 15.6 Å².